The van der Waals surface area contributed by atoms with Gasteiger partial charge in [-0.25, -0.2) is 4.79 Å². The molecule has 0 radical (unpaired) electrons. The van der Waals surface area contributed by atoms with Crippen LogP contribution < -0.4 is 16.0 Å². The molecule has 0 atom stereocenters. The van der Waals surface area contributed by atoms with Gasteiger partial charge in [0.15, 0.2) is 5.76 Å². The molecule has 25 heavy (non-hydrogen) atoms. The Balaban J connectivity index is 1.84. The lowest BCUT2D eigenvalue weighted by atomic mass is 10.1. The van der Waals surface area contributed by atoms with E-state index in [9.17, 15) is 9.59 Å². The maximum Gasteiger partial charge on any atom is 0.318 e. The zero-order valence-corrected chi connectivity index (χ0v) is 14.4. The van der Waals surface area contributed by atoms with E-state index in [0.717, 1.165) is 10.9 Å². The molecular formula is C18H16ClN3O3. The average Bonchev–Trinajstić information content (AvgIpc) is 2.91. The minimum atomic E-state index is -0.373. The van der Waals surface area contributed by atoms with Crippen LogP contribution in [-0.2, 0) is 0 Å². The normalized spacial score (nSPS) is 10.5. The number of urea groups is 1. The van der Waals surface area contributed by atoms with Crippen molar-refractivity contribution in [2.24, 2.45) is 0 Å². The third-order valence-corrected chi connectivity index (χ3v) is 3.94. The number of carbonyl (C=O) groups excluding carboxylic acids is 2. The molecule has 7 heteroatoms. The molecular weight excluding hydrogens is 342 g/mol. The Kier molecular flexibility index (Phi) is 4.63. The molecule has 128 valence electrons. The second-order valence-electron chi connectivity index (χ2n) is 5.44. The Hall–Kier alpha value is -2.99. The molecule has 0 spiro atoms. The van der Waals surface area contributed by atoms with Crippen molar-refractivity contribution in [3.63, 3.8) is 0 Å². The summed E-state index contributed by atoms with van der Waals surface area (Å²) in [5.41, 5.74) is 2.42. The van der Waals surface area contributed by atoms with Crippen LogP contribution in [0.4, 0.5) is 16.2 Å². The second-order valence-corrected chi connectivity index (χ2v) is 5.87. The molecule has 3 aromatic rings. The highest BCUT2D eigenvalue weighted by Crippen LogP contribution is 2.28. The van der Waals surface area contributed by atoms with Crippen molar-refractivity contribution in [1.82, 2.24) is 5.32 Å². The van der Waals surface area contributed by atoms with Gasteiger partial charge in [0.25, 0.3) is 5.91 Å². The number of nitrogens with one attached hydrogen (secondary N) is 3. The van der Waals surface area contributed by atoms with Crippen LogP contribution in [0.15, 0.2) is 46.9 Å². The van der Waals surface area contributed by atoms with Gasteiger partial charge in [0, 0.05) is 34.4 Å². The summed E-state index contributed by atoms with van der Waals surface area (Å²) in [6.45, 7) is 1.81. The molecule has 3 rings (SSSR count). The van der Waals surface area contributed by atoms with E-state index in [2.05, 4.69) is 16.0 Å². The lowest BCUT2D eigenvalue weighted by Crippen LogP contribution is -2.24. The maximum absolute atomic E-state index is 12.5. The molecule has 1 aromatic heterocycles. The van der Waals surface area contributed by atoms with Crippen LogP contribution in [0.5, 0.6) is 0 Å². The van der Waals surface area contributed by atoms with Crippen LogP contribution >= 0.6 is 11.6 Å². The van der Waals surface area contributed by atoms with Crippen molar-refractivity contribution in [2.45, 2.75) is 6.92 Å². The summed E-state index contributed by atoms with van der Waals surface area (Å²) in [4.78, 5) is 23.9. The van der Waals surface area contributed by atoms with E-state index in [1.54, 1.807) is 49.4 Å². The first-order valence-corrected chi connectivity index (χ1v) is 7.94. The van der Waals surface area contributed by atoms with Crippen LogP contribution in [0.1, 0.15) is 16.1 Å². The van der Waals surface area contributed by atoms with Crippen molar-refractivity contribution < 1.29 is 14.0 Å². The van der Waals surface area contributed by atoms with E-state index in [1.165, 1.54) is 7.05 Å². The van der Waals surface area contributed by atoms with Gasteiger partial charge in [-0.15, -0.1) is 0 Å². The van der Waals surface area contributed by atoms with E-state index in [0.29, 0.717) is 22.0 Å². The largest absolute Gasteiger partial charge is 0.451 e. The Morgan fingerprint density at radius 1 is 1.04 bits per heavy atom. The zero-order chi connectivity index (χ0) is 18.0. The number of rotatable bonds is 3. The molecule has 0 aliphatic carbocycles. The molecule has 0 saturated heterocycles. The summed E-state index contributed by atoms with van der Waals surface area (Å²) in [7, 11) is 1.53. The zero-order valence-electron chi connectivity index (χ0n) is 13.6. The van der Waals surface area contributed by atoms with Crippen LogP contribution in [0.3, 0.4) is 0 Å². The standard InChI is InChI=1S/C18H16ClN3O3/c1-10-14-8-11(19)6-7-15(14)25-16(10)17(23)21-12-4-3-5-13(9-12)22-18(24)20-2/h3-9H,1-2H3,(H,21,23)(H2,20,22,24). The van der Waals surface area contributed by atoms with E-state index >= 15 is 0 Å². The van der Waals surface area contributed by atoms with E-state index < -0.39 is 0 Å². The SMILES string of the molecule is CNC(=O)Nc1cccc(NC(=O)c2oc3ccc(Cl)cc3c2C)c1. The first kappa shape index (κ1) is 16.9. The smallest absolute Gasteiger partial charge is 0.318 e. The van der Waals surface area contributed by atoms with E-state index in [1.807, 2.05) is 0 Å². The van der Waals surface area contributed by atoms with Gasteiger partial charge in [0.05, 0.1) is 0 Å². The molecule has 0 aliphatic heterocycles. The summed E-state index contributed by atoms with van der Waals surface area (Å²) in [5.74, 6) is -0.149. The van der Waals surface area contributed by atoms with Gasteiger partial charge in [-0.3, -0.25) is 4.79 Å². The number of carbonyl (C=O) groups is 2. The number of benzene rings is 2. The molecule has 0 unspecified atom stereocenters. The summed E-state index contributed by atoms with van der Waals surface area (Å²) in [5, 5.41) is 9.26. The lowest BCUT2D eigenvalue weighted by molar-refractivity contribution is 0.0998. The minimum Gasteiger partial charge on any atom is -0.451 e. The molecule has 3 amide bonds. The van der Waals surface area contributed by atoms with Crippen molar-refractivity contribution in [2.75, 3.05) is 17.7 Å². The van der Waals surface area contributed by atoms with Crippen LogP contribution in [0, 0.1) is 6.92 Å². The van der Waals surface area contributed by atoms with Gasteiger partial charge in [-0.2, -0.15) is 0 Å². The number of anilines is 2. The Morgan fingerprint density at radius 2 is 1.76 bits per heavy atom. The van der Waals surface area contributed by atoms with Crippen LogP contribution in [0.2, 0.25) is 5.02 Å². The predicted octanol–water partition coefficient (Wildman–Crippen LogP) is 4.40. The second kappa shape index (κ2) is 6.86. The molecule has 6 nitrogen and oxygen atoms in total. The summed E-state index contributed by atoms with van der Waals surface area (Å²) < 4.78 is 5.65. The van der Waals surface area contributed by atoms with Crippen molar-refractivity contribution in [3.05, 3.63) is 58.8 Å². The predicted molar refractivity (Wildman–Crippen MR) is 98.4 cm³/mol. The van der Waals surface area contributed by atoms with Crippen molar-refractivity contribution in [3.8, 4) is 0 Å². The monoisotopic (exact) mass is 357 g/mol. The van der Waals surface area contributed by atoms with Crippen LogP contribution in [0.25, 0.3) is 11.0 Å². The highest BCUT2D eigenvalue weighted by atomic mass is 35.5. The number of fused-ring (bicyclic) bond motifs is 1. The third kappa shape index (κ3) is 3.59. The number of hydrogen-bond donors (Lipinski definition) is 3. The highest BCUT2D eigenvalue weighted by molar-refractivity contribution is 6.31. The van der Waals surface area contributed by atoms with Gasteiger partial charge in [-0.05, 0) is 43.3 Å². The van der Waals surface area contributed by atoms with E-state index in [-0.39, 0.29) is 17.7 Å². The topological polar surface area (TPSA) is 83.4 Å². The summed E-state index contributed by atoms with van der Waals surface area (Å²) in [6.07, 6.45) is 0. The number of furan rings is 1. The fourth-order valence-corrected chi connectivity index (χ4v) is 2.64. The molecule has 3 N–H and O–H groups in total. The first-order chi connectivity index (χ1) is 12.0. The Labute approximate surface area is 149 Å². The maximum atomic E-state index is 12.5. The van der Waals surface area contributed by atoms with Gasteiger partial charge >= 0.3 is 6.03 Å². The van der Waals surface area contributed by atoms with Gasteiger partial charge in [-0.1, -0.05) is 17.7 Å². The summed E-state index contributed by atoms with van der Waals surface area (Å²) in [6, 6.07) is 11.7. The fourth-order valence-electron chi connectivity index (χ4n) is 2.47. The van der Waals surface area contributed by atoms with E-state index in [4.69, 9.17) is 16.0 Å². The average molecular weight is 358 g/mol. The third-order valence-electron chi connectivity index (χ3n) is 3.71. The Morgan fingerprint density at radius 3 is 2.48 bits per heavy atom. The van der Waals surface area contributed by atoms with Crippen LogP contribution in [-0.4, -0.2) is 19.0 Å². The van der Waals surface area contributed by atoms with Crippen molar-refractivity contribution >= 4 is 45.9 Å². The number of hydrogen-bond acceptors (Lipinski definition) is 3. The molecule has 1 heterocycles. The Bertz CT molecular complexity index is 965. The molecule has 0 saturated carbocycles. The highest BCUT2D eigenvalue weighted by Gasteiger charge is 2.18. The first-order valence-electron chi connectivity index (χ1n) is 7.56. The van der Waals surface area contributed by atoms with Crippen molar-refractivity contribution in [1.29, 1.82) is 0 Å². The number of amides is 3. The minimum absolute atomic E-state index is 0.224. The molecule has 2 aromatic carbocycles. The lowest BCUT2D eigenvalue weighted by Gasteiger charge is -2.08. The number of halogens is 1. The molecule has 0 fully saturated rings. The summed E-state index contributed by atoms with van der Waals surface area (Å²) >= 11 is 6.00. The van der Waals surface area contributed by atoms with Gasteiger partial charge < -0.3 is 20.4 Å². The van der Waals surface area contributed by atoms with Gasteiger partial charge in [0.2, 0.25) is 0 Å². The number of aryl methyl sites for hydroxylation is 1. The fraction of sp³-hybridized carbons (Fsp3) is 0.111. The molecule has 0 bridgehead atoms. The molecule has 0 aliphatic rings. The quantitative estimate of drug-likeness (QED) is 0.649. The van der Waals surface area contributed by atoms with Gasteiger partial charge in [0.1, 0.15) is 5.58 Å².